The second-order valence-corrected chi connectivity index (χ2v) is 3.69. The van der Waals surface area contributed by atoms with Crippen molar-refractivity contribution in [2.45, 2.75) is 33.1 Å². The number of rotatable bonds is 9. The summed E-state index contributed by atoms with van der Waals surface area (Å²) in [5.41, 5.74) is 0. The third-order valence-electron chi connectivity index (χ3n) is 2.07. The summed E-state index contributed by atoms with van der Waals surface area (Å²) in [7, 11) is 0. The van der Waals surface area contributed by atoms with Crippen LogP contribution in [0.2, 0.25) is 0 Å². The first-order valence-corrected chi connectivity index (χ1v) is 5.57. The fourth-order valence-corrected chi connectivity index (χ4v) is 1.03. The summed E-state index contributed by atoms with van der Waals surface area (Å²) in [5, 5.41) is 0. The Bertz CT molecular complexity index is 178. The molecule has 0 aromatic rings. The van der Waals surface area contributed by atoms with E-state index in [4.69, 9.17) is 9.47 Å². The molecule has 0 bridgehead atoms. The fraction of sp³-hybridized carbons (Fsp3) is 0.750. The van der Waals surface area contributed by atoms with Crippen LogP contribution in [0.15, 0.2) is 12.7 Å². The zero-order chi connectivity index (χ0) is 11.5. The van der Waals surface area contributed by atoms with Gasteiger partial charge in [-0.15, -0.1) is 0 Å². The van der Waals surface area contributed by atoms with E-state index in [-0.39, 0.29) is 5.97 Å². The van der Waals surface area contributed by atoms with E-state index in [0.717, 1.165) is 32.5 Å². The molecule has 0 fully saturated rings. The van der Waals surface area contributed by atoms with Gasteiger partial charge in [0, 0.05) is 19.3 Å². The summed E-state index contributed by atoms with van der Waals surface area (Å²) in [4.78, 5) is 10.7. The van der Waals surface area contributed by atoms with Crippen LogP contribution in [-0.4, -0.2) is 25.8 Å². The number of unbranched alkanes of at least 4 members (excludes halogenated alkanes) is 1. The number of esters is 1. The average Bonchev–Trinajstić information content (AvgIpc) is 2.24. The molecule has 3 nitrogen and oxygen atoms in total. The smallest absolute Gasteiger partial charge is 0.330 e. The van der Waals surface area contributed by atoms with E-state index in [1.54, 1.807) is 0 Å². The lowest BCUT2D eigenvalue weighted by Gasteiger charge is -2.11. The molecule has 88 valence electrons. The number of carbonyl (C=O) groups is 1. The van der Waals surface area contributed by atoms with E-state index in [2.05, 4.69) is 20.4 Å². The molecule has 0 amide bonds. The molecule has 0 spiro atoms. The Kier molecular flexibility index (Phi) is 9.18. The molecular formula is C12H22O3. The van der Waals surface area contributed by atoms with E-state index in [9.17, 15) is 4.79 Å². The number of hydrogen-bond acceptors (Lipinski definition) is 3. The average molecular weight is 214 g/mol. The number of ether oxygens (including phenoxy) is 2. The van der Waals surface area contributed by atoms with E-state index < -0.39 is 0 Å². The van der Waals surface area contributed by atoms with Crippen LogP contribution in [0.1, 0.15) is 33.1 Å². The summed E-state index contributed by atoms with van der Waals surface area (Å²) in [6, 6.07) is 0. The van der Waals surface area contributed by atoms with Crippen molar-refractivity contribution < 1.29 is 14.3 Å². The molecule has 0 radical (unpaired) electrons. The topological polar surface area (TPSA) is 35.5 Å². The van der Waals surface area contributed by atoms with Crippen molar-refractivity contribution in [2.75, 3.05) is 19.8 Å². The van der Waals surface area contributed by atoms with E-state index in [1.807, 2.05) is 0 Å². The highest BCUT2D eigenvalue weighted by Crippen LogP contribution is 2.03. The Balaban J connectivity index is 3.29. The minimum Gasteiger partial charge on any atom is -0.463 e. The summed E-state index contributed by atoms with van der Waals surface area (Å²) in [6.45, 7) is 9.58. The molecule has 0 saturated heterocycles. The summed E-state index contributed by atoms with van der Waals surface area (Å²) >= 11 is 0. The van der Waals surface area contributed by atoms with Crippen LogP contribution in [0.3, 0.4) is 0 Å². The first-order chi connectivity index (χ1) is 7.20. The van der Waals surface area contributed by atoms with Crippen LogP contribution in [0.4, 0.5) is 0 Å². The van der Waals surface area contributed by atoms with Crippen LogP contribution >= 0.6 is 0 Å². The normalized spacial score (nSPS) is 12.1. The zero-order valence-corrected chi connectivity index (χ0v) is 9.83. The first kappa shape index (κ1) is 14.2. The van der Waals surface area contributed by atoms with Gasteiger partial charge in [0.1, 0.15) is 0 Å². The maximum absolute atomic E-state index is 10.7. The van der Waals surface area contributed by atoms with Crippen molar-refractivity contribution in [1.82, 2.24) is 0 Å². The molecule has 1 atom stereocenters. The van der Waals surface area contributed by atoms with Gasteiger partial charge in [-0.25, -0.2) is 4.79 Å². The monoisotopic (exact) mass is 214 g/mol. The van der Waals surface area contributed by atoms with E-state index in [0.29, 0.717) is 12.5 Å². The van der Waals surface area contributed by atoms with Crippen molar-refractivity contribution in [2.24, 2.45) is 5.92 Å². The minimum atomic E-state index is -0.353. The molecule has 15 heavy (non-hydrogen) atoms. The Hall–Kier alpha value is -0.830. The fourth-order valence-electron chi connectivity index (χ4n) is 1.03. The Labute approximate surface area is 92.5 Å². The SMILES string of the molecule is C=CC(=O)OCCC(C)COCCCC. The molecule has 0 aliphatic rings. The lowest BCUT2D eigenvalue weighted by molar-refractivity contribution is -0.138. The molecule has 0 heterocycles. The number of carbonyl (C=O) groups excluding carboxylic acids is 1. The molecule has 0 aromatic carbocycles. The summed E-state index contributed by atoms with van der Waals surface area (Å²) in [6.07, 6.45) is 4.29. The second kappa shape index (κ2) is 9.71. The van der Waals surface area contributed by atoms with Gasteiger partial charge in [0.25, 0.3) is 0 Å². The van der Waals surface area contributed by atoms with Crippen molar-refractivity contribution >= 4 is 5.97 Å². The van der Waals surface area contributed by atoms with Crippen molar-refractivity contribution in [3.8, 4) is 0 Å². The molecule has 0 aliphatic heterocycles. The van der Waals surface area contributed by atoms with Crippen LogP contribution in [0.5, 0.6) is 0 Å². The molecule has 3 heteroatoms. The van der Waals surface area contributed by atoms with Crippen LogP contribution < -0.4 is 0 Å². The van der Waals surface area contributed by atoms with E-state index in [1.165, 1.54) is 6.08 Å². The molecule has 1 unspecified atom stereocenters. The lowest BCUT2D eigenvalue weighted by atomic mass is 10.1. The van der Waals surface area contributed by atoms with Crippen LogP contribution in [0, 0.1) is 5.92 Å². The Morgan fingerprint density at radius 1 is 1.47 bits per heavy atom. The zero-order valence-electron chi connectivity index (χ0n) is 9.83. The molecule has 0 aliphatic carbocycles. The van der Waals surface area contributed by atoms with Gasteiger partial charge in [0.05, 0.1) is 6.61 Å². The van der Waals surface area contributed by atoms with Gasteiger partial charge in [0.2, 0.25) is 0 Å². The van der Waals surface area contributed by atoms with Gasteiger partial charge >= 0.3 is 5.97 Å². The highest BCUT2D eigenvalue weighted by atomic mass is 16.5. The van der Waals surface area contributed by atoms with Crippen molar-refractivity contribution in [1.29, 1.82) is 0 Å². The Morgan fingerprint density at radius 2 is 2.20 bits per heavy atom. The van der Waals surface area contributed by atoms with Gasteiger partial charge in [-0.3, -0.25) is 0 Å². The van der Waals surface area contributed by atoms with Crippen LogP contribution in [0.25, 0.3) is 0 Å². The van der Waals surface area contributed by atoms with Gasteiger partial charge in [-0.05, 0) is 18.8 Å². The van der Waals surface area contributed by atoms with Crippen molar-refractivity contribution in [3.63, 3.8) is 0 Å². The van der Waals surface area contributed by atoms with Gasteiger partial charge in [-0.2, -0.15) is 0 Å². The number of hydrogen-bond donors (Lipinski definition) is 0. The highest BCUT2D eigenvalue weighted by Gasteiger charge is 2.03. The lowest BCUT2D eigenvalue weighted by Crippen LogP contribution is -2.11. The largest absolute Gasteiger partial charge is 0.463 e. The predicted octanol–water partition coefficient (Wildman–Crippen LogP) is 2.56. The molecule has 0 aromatic heterocycles. The molecule has 0 saturated carbocycles. The first-order valence-electron chi connectivity index (χ1n) is 5.57. The third kappa shape index (κ3) is 9.47. The highest BCUT2D eigenvalue weighted by molar-refractivity contribution is 5.81. The summed E-state index contributed by atoms with van der Waals surface area (Å²) in [5.74, 6) is 0.0774. The second-order valence-electron chi connectivity index (χ2n) is 3.69. The van der Waals surface area contributed by atoms with Crippen molar-refractivity contribution in [3.05, 3.63) is 12.7 Å². The standard InChI is InChI=1S/C12H22O3/c1-4-6-8-14-10-11(3)7-9-15-12(13)5-2/h5,11H,2,4,6-10H2,1,3H3. The third-order valence-corrected chi connectivity index (χ3v) is 2.07. The quantitative estimate of drug-likeness (QED) is 0.336. The maximum Gasteiger partial charge on any atom is 0.330 e. The Morgan fingerprint density at radius 3 is 2.80 bits per heavy atom. The molecule has 0 rings (SSSR count). The molecule has 0 N–H and O–H groups in total. The van der Waals surface area contributed by atoms with Gasteiger partial charge in [0.15, 0.2) is 0 Å². The van der Waals surface area contributed by atoms with Gasteiger partial charge < -0.3 is 9.47 Å². The maximum atomic E-state index is 10.7. The molecular weight excluding hydrogens is 192 g/mol. The minimum absolute atomic E-state index is 0.353. The van der Waals surface area contributed by atoms with Crippen LogP contribution in [-0.2, 0) is 14.3 Å². The van der Waals surface area contributed by atoms with Gasteiger partial charge in [-0.1, -0.05) is 26.8 Å². The summed E-state index contributed by atoms with van der Waals surface area (Å²) < 4.78 is 10.3. The van der Waals surface area contributed by atoms with E-state index >= 15 is 0 Å². The predicted molar refractivity (Wildman–Crippen MR) is 60.7 cm³/mol.